The number of hydrogen-bond donors (Lipinski definition) is 1. The SMILES string of the molecule is O=C(NCc1ccc(CCl)cc1)c1csc2ccccc12. The maximum absolute atomic E-state index is 12.3. The molecule has 0 aliphatic rings. The summed E-state index contributed by atoms with van der Waals surface area (Å²) in [6.07, 6.45) is 0. The summed E-state index contributed by atoms with van der Waals surface area (Å²) in [5.74, 6) is 0.474. The molecule has 1 heterocycles. The van der Waals surface area contributed by atoms with Gasteiger partial charge in [0.1, 0.15) is 0 Å². The van der Waals surface area contributed by atoms with Crippen LogP contribution in [-0.2, 0) is 12.4 Å². The molecule has 0 aliphatic carbocycles. The molecule has 0 unspecified atom stereocenters. The summed E-state index contributed by atoms with van der Waals surface area (Å²) in [7, 11) is 0. The van der Waals surface area contributed by atoms with E-state index in [1.54, 1.807) is 11.3 Å². The number of benzene rings is 2. The van der Waals surface area contributed by atoms with Gasteiger partial charge in [-0.1, -0.05) is 42.5 Å². The Bertz CT molecular complexity index is 764. The van der Waals surface area contributed by atoms with Crippen molar-refractivity contribution in [2.45, 2.75) is 12.4 Å². The molecule has 1 N–H and O–H groups in total. The van der Waals surface area contributed by atoms with Gasteiger partial charge in [0.15, 0.2) is 0 Å². The third-order valence-electron chi connectivity index (χ3n) is 3.36. The molecule has 0 saturated carbocycles. The van der Waals surface area contributed by atoms with Crippen LogP contribution in [0.25, 0.3) is 10.1 Å². The zero-order chi connectivity index (χ0) is 14.7. The van der Waals surface area contributed by atoms with Crippen LogP contribution < -0.4 is 5.32 Å². The van der Waals surface area contributed by atoms with E-state index in [4.69, 9.17) is 11.6 Å². The Morgan fingerprint density at radius 1 is 1.05 bits per heavy atom. The Labute approximate surface area is 132 Å². The second-order valence-electron chi connectivity index (χ2n) is 4.78. The lowest BCUT2D eigenvalue weighted by atomic mass is 10.1. The molecule has 0 atom stereocenters. The maximum Gasteiger partial charge on any atom is 0.253 e. The van der Waals surface area contributed by atoms with E-state index in [0.717, 1.165) is 26.8 Å². The first kappa shape index (κ1) is 14.1. The minimum absolute atomic E-state index is 0.0335. The summed E-state index contributed by atoms with van der Waals surface area (Å²) < 4.78 is 1.13. The summed E-state index contributed by atoms with van der Waals surface area (Å²) in [5.41, 5.74) is 2.89. The van der Waals surface area contributed by atoms with Crippen molar-refractivity contribution in [3.63, 3.8) is 0 Å². The van der Waals surface area contributed by atoms with Crippen molar-refractivity contribution in [2.75, 3.05) is 0 Å². The fraction of sp³-hybridized carbons (Fsp3) is 0.118. The van der Waals surface area contributed by atoms with Crippen LogP contribution >= 0.6 is 22.9 Å². The number of hydrogen-bond acceptors (Lipinski definition) is 2. The van der Waals surface area contributed by atoms with Crippen molar-refractivity contribution in [3.8, 4) is 0 Å². The van der Waals surface area contributed by atoms with E-state index in [9.17, 15) is 4.79 Å². The summed E-state index contributed by atoms with van der Waals surface area (Å²) in [4.78, 5) is 12.3. The Hall–Kier alpha value is -1.84. The zero-order valence-electron chi connectivity index (χ0n) is 11.3. The van der Waals surface area contributed by atoms with Crippen molar-refractivity contribution >= 4 is 38.9 Å². The molecular weight excluding hydrogens is 302 g/mol. The number of halogens is 1. The fourth-order valence-corrected chi connectivity index (χ4v) is 3.30. The van der Waals surface area contributed by atoms with Crippen LogP contribution in [0.5, 0.6) is 0 Å². The quantitative estimate of drug-likeness (QED) is 0.702. The van der Waals surface area contributed by atoms with Crippen LogP contribution in [0.2, 0.25) is 0 Å². The number of carbonyl (C=O) groups excluding carboxylic acids is 1. The number of rotatable bonds is 4. The molecule has 0 bridgehead atoms. The van der Waals surface area contributed by atoms with E-state index in [-0.39, 0.29) is 5.91 Å². The van der Waals surface area contributed by atoms with Crippen LogP contribution in [-0.4, -0.2) is 5.91 Å². The predicted octanol–water partition coefficient (Wildman–Crippen LogP) is 4.57. The van der Waals surface area contributed by atoms with E-state index in [1.165, 1.54) is 0 Å². The minimum Gasteiger partial charge on any atom is -0.348 e. The number of amides is 1. The van der Waals surface area contributed by atoms with Gasteiger partial charge in [-0.3, -0.25) is 4.79 Å². The lowest BCUT2D eigenvalue weighted by molar-refractivity contribution is 0.0953. The first-order valence-corrected chi connectivity index (χ1v) is 8.07. The third kappa shape index (κ3) is 3.09. The largest absolute Gasteiger partial charge is 0.348 e. The third-order valence-corrected chi connectivity index (χ3v) is 4.63. The van der Waals surface area contributed by atoms with Gasteiger partial charge < -0.3 is 5.32 Å². The molecule has 21 heavy (non-hydrogen) atoms. The molecular formula is C17H14ClNOS. The Kier molecular flexibility index (Phi) is 4.23. The molecule has 1 amide bonds. The molecule has 106 valence electrons. The summed E-state index contributed by atoms with van der Waals surface area (Å²) in [6.45, 7) is 0.519. The van der Waals surface area contributed by atoms with Crippen LogP contribution in [0.15, 0.2) is 53.9 Å². The first-order chi connectivity index (χ1) is 10.3. The number of nitrogens with one attached hydrogen (secondary N) is 1. The number of fused-ring (bicyclic) bond motifs is 1. The molecule has 4 heteroatoms. The Morgan fingerprint density at radius 3 is 2.52 bits per heavy atom. The number of alkyl halides is 1. The monoisotopic (exact) mass is 315 g/mol. The Balaban J connectivity index is 1.71. The number of carbonyl (C=O) groups is 1. The average molecular weight is 316 g/mol. The predicted molar refractivity (Wildman–Crippen MR) is 89.0 cm³/mol. The van der Waals surface area contributed by atoms with Crippen molar-refractivity contribution in [2.24, 2.45) is 0 Å². The summed E-state index contributed by atoms with van der Waals surface area (Å²) >= 11 is 7.35. The highest BCUT2D eigenvalue weighted by molar-refractivity contribution is 7.17. The van der Waals surface area contributed by atoms with Gasteiger partial charge in [0.25, 0.3) is 5.91 Å². The van der Waals surface area contributed by atoms with Crippen LogP contribution in [0.1, 0.15) is 21.5 Å². The molecule has 0 spiro atoms. The second kappa shape index (κ2) is 6.29. The highest BCUT2D eigenvalue weighted by Gasteiger charge is 2.11. The van der Waals surface area contributed by atoms with Gasteiger partial charge in [-0.2, -0.15) is 0 Å². The normalized spacial score (nSPS) is 10.7. The van der Waals surface area contributed by atoms with Gasteiger partial charge in [0, 0.05) is 27.9 Å². The van der Waals surface area contributed by atoms with Gasteiger partial charge in [0.05, 0.1) is 5.56 Å². The summed E-state index contributed by atoms with van der Waals surface area (Å²) in [6, 6.07) is 15.9. The van der Waals surface area contributed by atoms with E-state index in [2.05, 4.69) is 5.32 Å². The van der Waals surface area contributed by atoms with E-state index < -0.39 is 0 Å². The van der Waals surface area contributed by atoms with Crippen molar-refractivity contribution in [1.82, 2.24) is 5.32 Å². The molecule has 0 aliphatic heterocycles. The molecule has 3 rings (SSSR count). The fourth-order valence-electron chi connectivity index (χ4n) is 2.18. The van der Waals surface area contributed by atoms with Gasteiger partial charge in [-0.05, 0) is 17.2 Å². The average Bonchev–Trinajstić information content (AvgIpc) is 2.97. The van der Waals surface area contributed by atoms with Crippen LogP contribution in [0.3, 0.4) is 0 Å². The van der Waals surface area contributed by atoms with E-state index in [1.807, 2.05) is 53.9 Å². The molecule has 0 fully saturated rings. The molecule has 2 nitrogen and oxygen atoms in total. The molecule has 2 aromatic carbocycles. The molecule has 3 aromatic rings. The van der Waals surface area contributed by atoms with Crippen molar-refractivity contribution < 1.29 is 4.79 Å². The topological polar surface area (TPSA) is 29.1 Å². The van der Waals surface area contributed by atoms with Crippen LogP contribution in [0.4, 0.5) is 0 Å². The maximum atomic E-state index is 12.3. The first-order valence-electron chi connectivity index (χ1n) is 6.66. The smallest absolute Gasteiger partial charge is 0.253 e. The van der Waals surface area contributed by atoms with Gasteiger partial charge in [0.2, 0.25) is 0 Å². The van der Waals surface area contributed by atoms with Crippen molar-refractivity contribution in [3.05, 3.63) is 70.6 Å². The standard InChI is InChI=1S/C17H14ClNOS/c18-9-12-5-7-13(8-6-12)10-19-17(20)15-11-21-16-4-2-1-3-14(15)16/h1-8,11H,9-10H2,(H,19,20). The molecule has 0 radical (unpaired) electrons. The molecule has 0 saturated heterocycles. The van der Waals surface area contributed by atoms with Crippen LogP contribution in [0, 0.1) is 0 Å². The summed E-state index contributed by atoms with van der Waals surface area (Å²) in [5, 5.41) is 5.89. The van der Waals surface area contributed by atoms with Gasteiger partial charge in [-0.15, -0.1) is 22.9 Å². The van der Waals surface area contributed by atoms with E-state index >= 15 is 0 Å². The molecule has 1 aromatic heterocycles. The lowest BCUT2D eigenvalue weighted by Gasteiger charge is -2.05. The zero-order valence-corrected chi connectivity index (χ0v) is 12.9. The minimum atomic E-state index is -0.0335. The van der Waals surface area contributed by atoms with Gasteiger partial charge in [-0.25, -0.2) is 0 Å². The lowest BCUT2D eigenvalue weighted by Crippen LogP contribution is -2.22. The van der Waals surface area contributed by atoms with Gasteiger partial charge >= 0.3 is 0 Å². The second-order valence-corrected chi connectivity index (χ2v) is 5.96. The van der Waals surface area contributed by atoms with Crippen molar-refractivity contribution in [1.29, 1.82) is 0 Å². The Morgan fingerprint density at radius 2 is 1.76 bits per heavy atom. The van der Waals surface area contributed by atoms with E-state index in [0.29, 0.717) is 12.4 Å². The highest BCUT2D eigenvalue weighted by atomic mass is 35.5. The number of thiophene rings is 1. The highest BCUT2D eigenvalue weighted by Crippen LogP contribution is 2.25.